The summed E-state index contributed by atoms with van der Waals surface area (Å²) in [6.07, 6.45) is 8.82. The topological polar surface area (TPSA) is 29.3 Å². The SMILES string of the molecule is CC(C)(C)Nc1c(C2CCCCC2)nc2sccn12. The zero-order valence-corrected chi connectivity index (χ0v) is 12.9. The summed E-state index contributed by atoms with van der Waals surface area (Å²) in [7, 11) is 0. The lowest BCUT2D eigenvalue weighted by atomic mass is 9.87. The van der Waals surface area contributed by atoms with Gasteiger partial charge in [-0.15, -0.1) is 11.3 Å². The summed E-state index contributed by atoms with van der Waals surface area (Å²) in [5.74, 6) is 1.86. The number of anilines is 1. The smallest absolute Gasteiger partial charge is 0.195 e. The van der Waals surface area contributed by atoms with Crippen LogP contribution in [0.3, 0.4) is 0 Å². The second-order valence-corrected chi connectivity index (χ2v) is 7.48. The van der Waals surface area contributed by atoms with E-state index in [-0.39, 0.29) is 5.54 Å². The monoisotopic (exact) mass is 277 g/mol. The molecule has 3 rings (SSSR count). The third-order valence-electron chi connectivity index (χ3n) is 3.77. The summed E-state index contributed by atoms with van der Waals surface area (Å²) >= 11 is 1.72. The summed E-state index contributed by atoms with van der Waals surface area (Å²) in [6.45, 7) is 6.64. The number of imidazole rings is 1. The van der Waals surface area contributed by atoms with E-state index >= 15 is 0 Å². The van der Waals surface area contributed by atoms with Crippen LogP contribution >= 0.6 is 11.3 Å². The number of hydrogen-bond donors (Lipinski definition) is 1. The Morgan fingerprint density at radius 1 is 1.26 bits per heavy atom. The average Bonchev–Trinajstić information content (AvgIpc) is 2.92. The van der Waals surface area contributed by atoms with Crippen molar-refractivity contribution in [3.05, 3.63) is 17.3 Å². The van der Waals surface area contributed by atoms with E-state index in [1.807, 2.05) is 0 Å². The standard InChI is InChI=1S/C15H23N3S/c1-15(2,3)17-13-12(11-7-5-4-6-8-11)16-14-18(13)9-10-19-14/h9-11,17H,4-8H2,1-3H3. The van der Waals surface area contributed by atoms with Crippen LogP contribution in [0, 0.1) is 0 Å². The molecule has 1 aliphatic rings. The van der Waals surface area contributed by atoms with Crippen molar-refractivity contribution in [1.29, 1.82) is 0 Å². The van der Waals surface area contributed by atoms with Gasteiger partial charge in [0, 0.05) is 23.0 Å². The summed E-state index contributed by atoms with van der Waals surface area (Å²) in [5, 5.41) is 5.78. The van der Waals surface area contributed by atoms with E-state index in [2.05, 4.69) is 42.1 Å². The average molecular weight is 277 g/mol. The van der Waals surface area contributed by atoms with Gasteiger partial charge in [-0.2, -0.15) is 0 Å². The van der Waals surface area contributed by atoms with Crippen LogP contribution in [0.5, 0.6) is 0 Å². The lowest BCUT2D eigenvalue weighted by Crippen LogP contribution is -2.28. The van der Waals surface area contributed by atoms with E-state index in [0.717, 1.165) is 4.96 Å². The number of thiazole rings is 1. The second kappa shape index (κ2) is 4.82. The molecule has 1 N–H and O–H groups in total. The molecule has 0 bridgehead atoms. The molecule has 0 unspecified atom stereocenters. The molecule has 0 radical (unpaired) electrons. The highest BCUT2D eigenvalue weighted by Gasteiger charge is 2.25. The summed E-state index contributed by atoms with van der Waals surface area (Å²) in [6, 6.07) is 0. The first-order valence-corrected chi connectivity index (χ1v) is 8.16. The van der Waals surface area contributed by atoms with E-state index in [4.69, 9.17) is 4.98 Å². The molecule has 2 aromatic heterocycles. The molecule has 2 heterocycles. The third-order valence-corrected chi connectivity index (χ3v) is 4.53. The van der Waals surface area contributed by atoms with E-state index in [9.17, 15) is 0 Å². The molecule has 1 aliphatic carbocycles. The van der Waals surface area contributed by atoms with Crippen molar-refractivity contribution in [2.75, 3.05) is 5.32 Å². The Kier molecular flexibility index (Phi) is 3.29. The Hall–Kier alpha value is -1.03. The van der Waals surface area contributed by atoms with Crippen molar-refractivity contribution < 1.29 is 0 Å². The van der Waals surface area contributed by atoms with Gasteiger partial charge in [0.2, 0.25) is 0 Å². The molecule has 19 heavy (non-hydrogen) atoms. The van der Waals surface area contributed by atoms with E-state index in [1.54, 1.807) is 11.3 Å². The van der Waals surface area contributed by atoms with Crippen molar-refractivity contribution in [3.63, 3.8) is 0 Å². The van der Waals surface area contributed by atoms with Gasteiger partial charge in [-0.3, -0.25) is 4.40 Å². The molecule has 0 spiro atoms. The Morgan fingerprint density at radius 3 is 2.68 bits per heavy atom. The molecule has 0 aromatic carbocycles. The Balaban J connectivity index is 2.01. The lowest BCUT2D eigenvalue weighted by Gasteiger charge is -2.26. The van der Waals surface area contributed by atoms with Crippen LogP contribution in [-0.4, -0.2) is 14.9 Å². The number of nitrogens with zero attached hydrogens (tertiary/aromatic N) is 2. The maximum atomic E-state index is 4.90. The van der Waals surface area contributed by atoms with Crippen LogP contribution in [0.25, 0.3) is 4.96 Å². The van der Waals surface area contributed by atoms with Crippen LogP contribution < -0.4 is 5.32 Å². The molecule has 0 atom stereocenters. The van der Waals surface area contributed by atoms with Crippen molar-refractivity contribution in [2.45, 2.75) is 64.3 Å². The summed E-state index contributed by atoms with van der Waals surface area (Å²) in [5.41, 5.74) is 1.36. The second-order valence-electron chi connectivity index (χ2n) is 6.61. The number of hydrogen-bond acceptors (Lipinski definition) is 3. The molecule has 104 valence electrons. The predicted octanol–water partition coefficient (Wildman–Crippen LogP) is 4.65. The van der Waals surface area contributed by atoms with Gasteiger partial charge >= 0.3 is 0 Å². The summed E-state index contributed by atoms with van der Waals surface area (Å²) < 4.78 is 2.22. The van der Waals surface area contributed by atoms with E-state index in [0.29, 0.717) is 5.92 Å². The van der Waals surface area contributed by atoms with Crippen LogP contribution in [0.4, 0.5) is 5.82 Å². The van der Waals surface area contributed by atoms with Gasteiger partial charge in [0.1, 0.15) is 5.82 Å². The van der Waals surface area contributed by atoms with Crippen molar-refractivity contribution in [1.82, 2.24) is 9.38 Å². The minimum Gasteiger partial charge on any atom is -0.365 e. The maximum absolute atomic E-state index is 4.90. The molecular weight excluding hydrogens is 254 g/mol. The summed E-state index contributed by atoms with van der Waals surface area (Å²) in [4.78, 5) is 6.02. The zero-order valence-electron chi connectivity index (χ0n) is 12.1. The zero-order chi connectivity index (χ0) is 13.5. The predicted molar refractivity (Wildman–Crippen MR) is 82.3 cm³/mol. The van der Waals surface area contributed by atoms with Crippen LogP contribution in [0.15, 0.2) is 11.6 Å². The number of nitrogens with one attached hydrogen (secondary N) is 1. The van der Waals surface area contributed by atoms with Gasteiger partial charge in [-0.05, 0) is 33.6 Å². The third kappa shape index (κ3) is 2.64. The molecule has 1 saturated carbocycles. The van der Waals surface area contributed by atoms with Gasteiger partial charge in [0.15, 0.2) is 4.96 Å². The minimum atomic E-state index is 0.0708. The normalized spacial score (nSPS) is 18.1. The minimum absolute atomic E-state index is 0.0708. The van der Waals surface area contributed by atoms with E-state index in [1.165, 1.54) is 43.6 Å². The van der Waals surface area contributed by atoms with Gasteiger partial charge in [-0.1, -0.05) is 19.3 Å². The Morgan fingerprint density at radius 2 is 2.00 bits per heavy atom. The fourth-order valence-corrected chi connectivity index (χ4v) is 3.66. The number of aromatic nitrogens is 2. The quantitative estimate of drug-likeness (QED) is 0.865. The Labute approximate surface area is 119 Å². The highest BCUT2D eigenvalue weighted by Crippen LogP contribution is 2.38. The van der Waals surface area contributed by atoms with E-state index < -0.39 is 0 Å². The number of fused-ring (bicyclic) bond motifs is 1. The van der Waals surface area contributed by atoms with Crippen LogP contribution in [0.2, 0.25) is 0 Å². The van der Waals surface area contributed by atoms with Gasteiger partial charge in [-0.25, -0.2) is 4.98 Å². The largest absolute Gasteiger partial charge is 0.365 e. The van der Waals surface area contributed by atoms with Gasteiger partial charge in [0.25, 0.3) is 0 Å². The first-order valence-electron chi connectivity index (χ1n) is 7.28. The molecular formula is C15H23N3S. The first-order chi connectivity index (χ1) is 9.04. The molecule has 0 aliphatic heterocycles. The molecule has 4 heteroatoms. The van der Waals surface area contributed by atoms with Crippen LogP contribution in [-0.2, 0) is 0 Å². The highest BCUT2D eigenvalue weighted by molar-refractivity contribution is 7.15. The molecule has 0 saturated heterocycles. The molecule has 2 aromatic rings. The molecule has 3 nitrogen and oxygen atoms in total. The van der Waals surface area contributed by atoms with Crippen molar-refractivity contribution in [3.8, 4) is 0 Å². The van der Waals surface area contributed by atoms with Crippen LogP contribution in [0.1, 0.15) is 64.5 Å². The maximum Gasteiger partial charge on any atom is 0.195 e. The van der Waals surface area contributed by atoms with Gasteiger partial charge in [0.05, 0.1) is 5.69 Å². The highest BCUT2D eigenvalue weighted by atomic mass is 32.1. The molecule has 1 fully saturated rings. The Bertz CT molecular complexity index is 555. The fraction of sp³-hybridized carbons (Fsp3) is 0.667. The first kappa shape index (κ1) is 13.0. The number of rotatable bonds is 2. The molecule has 0 amide bonds. The van der Waals surface area contributed by atoms with Crippen molar-refractivity contribution >= 4 is 22.1 Å². The van der Waals surface area contributed by atoms with Gasteiger partial charge < -0.3 is 5.32 Å². The fourth-order valence-electron chi connectivity index (χ4n) is 2.94. The lowest BCUT2D eigenvalue weighted by molar-refractivity contribution is 0.438. The van der Waals surface area contributed by atoms with Crippen molar-refractivity contribution in [2.24, 2.45) is 0 Å².